The fourth-order valence-electron chi connectivity index (χ4n) is 1.37. The summed E-state index contributed by atoms with van der Waals surface area (Å²) < 4.78 is 0. The molecular weight excluding hydrogens is 294 g/mol. The van der Waals surface area contributed by atoms with E-state index in [0.29, 0.717) is 5.56 Å². The Morgan fingerprint density at radius 3 is 2.05 bits per heavy atom. The average Bonchev–Trinajstić information content (AvgIpc) is 2.33. The number of carboxylic acid groups (broad SMARTS) is 1. The van der Waals surface area contributed by atoms with Gasteiger partial charge in [-0.05, 0) is 19.9 Å². The Morgan fingerprint density at radius 1 is 1.23 bits per heavy atom. The molecule has 0 fully saturated rings. The van der Waals surface area contributed by atoms with Crippen LogP contribution in [0.15, 0.2) is 18.2 Å². The Morgan fingerprint density at radius 2 is 1.73 bits per heavy atom. The largest absolute Gasteiger partial charge is 0.508 e. The van der Waals surface area contributed by atoms with Gasteiger partial charge in [-0.1, -0.05) is 6.07 Å². The van der Waals surface area contributed by atoms with Gasteiger partial charge in [-0.2, -0.15) is 0 Å². The number of aliphatic carboxylic acids is 1. The van der Waals surface area contributed by atoms with Crippen LogP contribution in [0.4, 0.5) is 5.69 Å². The normalized spacial score (nSPS) is 10.5. The SMILES string of the molecule is CC(=O)N(CC(=O)O)c1ccc(CO)c(O)c1.CC(C)(O)O. The van der Waals surface area contributed by atoms with Crippen LogP contribution in [0.2, 0.25) is 0 Å². The van der Waals surface area contributed by atoms with Gasteiger partial charge >= 0.3 is 5.97 Å². The van der Waals surface area contributed by atoms with E-state index in [4.69, 9.17) is 20.4 Å². The lowest BCUT2D eigenvalue weighted by molar-refractivity contribution is -0.136. The molecule has 0 unspecified atom stereocenters. The van der Waals surface area contributed by atoms with Gasteiger partial charge in [-0.15, -0.1) is 0 Å². The van der Waals surface area contributed by atoms with Crippen LogP contribution in [0, 0.1) is 0 Å². The maximum Gasteiger partial charge on any atom is 0.323 e. The lowest BCUT2D eigenvalue weighted by Gasteiger charge is -2.19. The summed E-state index contributed by atoms with van der Waals surface area (Å²) in [4.78, 5) is 22.9. The van der Waals surface area contributed by atoms with E-state index < -0.39 is 24.2 Å². The van der Waals surface area contributed by atoms with Gasteiger partial charge in [0.05, 0.1) is 6.61 Å². The molecule has 0 radical (unpaired) electrons. The molecule has 1 aromatic rings. The smallest absolute Gasteiger partial charge is 0.323 e. The van der Waals surface area contributed by atoms with E-state index in [2.05, 4.69) is 0 Å². The van der Waals surface area contributed by atoms with Gasteiger partial charge in [-0.3, -0.25) is 9.59 Å². The summed E-state index contributed by atoms with van der Waals surface area (Å²) in [5, 5.41) is 43.2. The number of phenols is 1. The predicted molar refractivity (Wildman–Crippen MR) is 78.2 cm³/mol. The van der Waals surface area contributed by atoms with Gasteiger partial charge in [0.2, 0.25) is 5.91 Å². The van der Waals surface area contributed by atoms with E-state index in [-0.39, 0.29) is 18.0 Å². The molecule has 124 valence electrons. The van der Waals surface area contributed by atoms with Crippen molar-refractivity contribution in [2.75, 3.05) is 11.4 Å². The number of benzene rings is 1. The van der Waals surface area contributed by atoms with Gasteiger partial charge in [0.15, 0.2) is 5.79 Å². The van der Waals surface area contributed by atoms with Crippen LogP contribution >= 0.6 is 0 Å². The van der Waals surface area contributed by atoms with E-state index in [1.54, 1.807) is 0 Å². The van der Waals surface area contributed by atoms with Crippen LogP contribution in [0.25, 0.3) is 0 Å². The Hall–Kier alpha value is -2.16. The lowest BCUT2D eigenvalue weighted by Crippen LogP contribution is -2.33. The van der Waals surface area contributed by atoms with Crippen LogP contribution in [0.3, 0.4) is 0 Å². The van der Waals surface area contributed by atoms with Crippen LogP contribution in [-0.2, 0) is 16.2 Å². The summed E-state index contributed by atoms with van der Waals surface area (Å²) in [6.07, 6.45) is 0. The molecule has 0 heterocycles. The maximum absolute atomic E-state index is 11.3. The van der Waals surface area contributed by atoms with Crippen LogP contribution in [0.5, 0.6) is 5.75 Å². The number of hydrogen-bond acceptors (Lipinski definition) is 6. The predicted octanol–water partition coefficient (Wildman–Crippen LogP) is 0.0291. The third-order valence-corrected chi connectivity index (χ3v) is 2.22. The first kappa shape index (κ1) is 19.8. The Labute approximate surface area is 127 Å². The number of amides is 1. The zero-order valence-electron chi connectivity index (χ0n) is 12.6. The highest BCUT2D eigenvalue weighted by atomic mass is 16.5. The molecule has 1 rings (SSSR count). The molecule has 0 saturated carbocycles. The summed E-state index contributed by atoms with van der Waals surface area (Å²) >= 11 is 0. The van der Waals surface area contributed by atoms with Gasteiger partial charge < -0.3 is 30.4 Å². The first-order valence-electron chi connectivity index (χ1n) is 6.33. The molecule has 0 aliphatic heterocycles. The van der Waals surface area contributed by atoms with Gasteiger partial charge in [0.25, 0.3) is 0 Å². The zero-order valence-corrected chi connectivity index (χ0v) is 12.6. The number of aliphatic hydroxyl groups is 3. The van der Waals surface area contributed by atoms with Gasteiger partial charge in [-0.25, -0.2) is 0 Å². The third-order valence-electron chi connectivity index (χ3n) is 2.22. The first-order valence-corrected chi connectivity index (χ1v) is 6.33. The number of carbonyl (C=O) groups excluding carboxylic acids is 1. The summed E-state index contributed by atoms with van der Waals surface area (Å²) in [6.45, 7) is 3.03. The number of hydrogen-bond donors (Lipinski definition) is 5. The molecule has 0 aromatic heterocycles. The molecule has 1 aromatic carbocycles. The standard InChI is InChI=1S/C11H13NO5.C3H8O2/c1-7(14)12(5-11(16)17)9-3-2-8(6-13)10(15)4-9;1-3(2,4)5/h2-4,13,15H,5-6H2,1H3,(H,16,17);4-5H,1-2H3. The Bertz CT molecular complexity index is 516. The molecule has 8 nitrogen and oxygen atoms in total. The summed E-state index contributed by atoms with van der Waals surface area (Å²) in [5.41, 5.74) is 0.585. The Kier molecular flexibility index (Phi) is 7.51. The average molecular weight is 315 g/mol. The minimum Gasteiger partial charge on any atom is -0.508 e. The number of carbonyl (C=O) groups is 2. The number of aliphatic hydroxyl groups excluding tert-OH is 1. The van der Waals surface area contributed by atoms with E-state index in [1.807, 2.05) is 0 Å². The zero-order chi connectivity index (χ0) is 17.5. The first-order chi connectivity index (χ1) is 9.95. The molecule has 22 heavy (non-hydrogen) atoms. The summed E-state index contributed by atoms with van der Waals surface area (Å²) in [7, 11) is 0. The topological polar surface area (TPSA) is 139 Å². The Balaban J connectivity index is 0.000000763. The van der Waals surface area contributed by atoms with E-state index >= 15 is 0 Å². The second-order valence-corrected chi connectivity index (χ2v) is 4.96. The van der Waals surface area contributed by atoms with E-state index in [1.165, 1.54) is 39.0 Å². The highest BCUT2D eigenvalue weighted by Crippen LogP contribution is 2.24. The van der Waals surface area contributed by atoms with Crippen molar-refractivity contribution < 1.29 is 35.1 Å². The molecule has 1 amide bonds. The molecule has 0 aliphatic rings. The van der Waals surface area contributed by atoms with Crippen LogP contribution < -0.4 is 4.90 Å². The molecule has 0 bridgehead atoms. The quantitative estimate of drug-likeness (QED) is 0.494. The summed E-state index contributed by atoms with van der Waals surface area (Å²) in [5.74, 6) is -3.27. The number of aromatic hydroxyl groups is 1. The third kappa shape index (κ3) is 8.20. The monoisotopic (exact) mass is 315 g/mol. The van der Waals surface area contributed by atoms with Crippen molar-refractivity contribution in [3.8, 4) is 5.75 Å². The fraction of sp³-hybridized carbons (Fsp3) is 0.429. The van der Waals surface area contributed by atoms with E-state index in [9.17, 15) is 14.7 Å². The van der Waals surface area contributed by atoms with Crippen molar-refractivity contribution in [2.24, 2.45) is 0 Å². The van der Waals surface area contributed by atoms with Crippen molar-refractivity contribution in [1.29, 1.82) is 0 Å². The number of carboxylic acids is 1. The van der Waals surface area contributed by atoms with Crippen molar-refractivity contribution in [2.45, 2.75) is 33.2 Å². The molecule has 0 aliphatic carbocycles. The summed E-state index contributed by atoms with van der Waals surface area (Å²) in [6, 6.07) is 4.15. The van der Waals surface area contributed by atoms with Crippen LogP contribution in [0.1, 0.15) is 26.3 Å². The molecular formula is C14H21NO7. The van der Waals surface area contributed by atoms with Crippen molar-refractivity contribution in [1.82, 2.24) is 0 Å². The molecule has 0 saturated heterocycles. The van der Waals surface area contributed by atoms with Crippen molar-refractivity contribution in [3.05, 3.63) is 23.8 Å². The fourth-order valence-corrected chi connectivity index (χ4v) is 1.37. The van der Waals surface area contributed by atoms with Gasteiger partial charge in [0.1, 0.15) is 12.3 Å². The van der Waals surface area contributed by atoms with Crippen molar-refractivity contribution in [3.63, 3.8) is 0 Å². The van der Waals surface area contributed by atoms with Gasteiger partial charge in [0, 0.05) is 24.2 Å². The minimum atomic E-state index is -1.50. The molecule has 0 spiro atoms. The second-order valence-electron chi connectivity index (χ2n) is 4.96. The highest BCUT2D eigenvalue weighted by molar-refractivity contribution is 5.96. The lowest BCUT2D eigenvalue weighted by atomic mass is 10.1. The highest BCUT2D eigenvalue weighted by Gasteiger charge is 2.16. The minimum absolute atomic E-state index is 0.179. The molecule has 5 N–H and O–H groups in total. The van der Waals surface area contributed by atoms with Crippen LogP contribution in [-0.4, -0.2) is 49.7 Å². The number of nitrogens with zero attached hydrogens (tertiary/aromatic N) is 1. The second kappa shape index (κ2) is 8.32. The molecule has 0 atom stereocenters. The van der Waals surface area contributed by atoms with E-state index in [0.717, 1.165) is 4.90 Å². The maximum atomic E-state index is 11.3. The van der Waals surface area contributed by atoms with Crippen molar-refractivity contribution >= 4 is 17.6 Å². The molecule has 8 heteroatoms. The number of anilines is 1. The number of rotatable bonds is 4.